The molecule has 0 unspecified atom stereocenters. The van der Waals surface area contributed by atoms with Gasteiger partial charge < -0.3 is 14.2 Å². The average Bonchev–Trinajstić information content (AvgIpc) is 2.87. The second-order valence-corrected chi connectivity index (χ2v) is 7.17. The Kier molecular flexibility index (Phi) is 7.12. The lowest BCUT2D eigenvalue weighted by molar-refractivity contribution is 0.0328. The van der Waals surface area contributed by atoms with E-state index in [0.29, 0.717) is 22.8 Å². The van der Waals surface area contributed by atoms with Crippen LogP contribution in [0, 0.1) is 0 Å². The Morgan fingerprint density at radius 3 is 2.06 bits per heavy atom. The van der Waals surface area contributed by atoms with Crippen LogP contribution < -0.4 is 5.43 Å². The van der Waals surface area contributed by atoms with E-state index in [2.05, 4.69) is 10.5 Å². The van der Waals surface area contributed by atoms with Crippen LogP contribution in [-0.4, -0.2) is 30.5 Å². The summed E-state index contributed by atoms with van der Waals surface area (Å²) in [5.41, 5.74) is 4.56. The Morgan fingerprint density at radius 1 is 0.848 bits per heavy atom. The molecule has 4 rings (SSSR count). The maximum atomic E-state index is 12.5. The van der Waals surface area contributed by atoms with Gasteiger partial charge >= 0.3 is 11.9 Å². The molecule has 3 aromatic rings. The fourth-order valence-electron chi connectivity index (χ4n) is 3.09. The number of hydrazone groups is 1. The fraction of sp³-hybridized carbons (Fsp3) is 0.115. The molecule has 0 fully saturated rings. The van der Waals surface area contributed by atoms with E-state index >= 15 is 0 Å². The minimum atomic E-state index is -0.665. The maximum Gasteiger partial charge on any atom is 0.343 e. The molecule has 0 amide bonds. The van der Waals surface area contributed by atoms with Gasteiger partial charge in [-0.1, -0.05) is 54.6 Å². The van der Waals surface area contributed by atoms with E-state index in [9.17, 15) is 9.59 Å². The minimum absolute atomic E-state index is 0.0650. The van der Waals surface area contributed by atoms with Gasteiger partial charge in [-0.2, -0.15) is 0 Å². The van der Waals surface area contributed by atoms with Crippen molar-refractivity contribution in [2.75, 3.05) is 12.0 Å². The van der Waals surface area contributed by atoms with E-state index < -0.39 is 18.0 Å². The molecule has 0 bridgehead atoms. The highest BCUT2D eigenvalue weighted by molar-refractivity contribution is 5.91. The standard InChI is InChI=1S/C26H22N2O5/c29-25(19-10-4-1-5-11-19)31-18-23-16-22(33-26(30)20-12-6-2-7-13-20)17-24(32-23)28-27-21-14-8-3-9-15-21/h1-16,23,27H,17-18H2/b28-24+/t23-/m0/s1. The Balaban J connectivity index is 1.47. The number of esters is 2. The summed E-state index contributed by atoms with van der Waals surface area (Å²) in [6.45, 7) is -0.0650. The summed E-state index contributed by atoms with van der Waals surface area (Å²) >= 11 is 0. The summed E-state index contributed by atoms with van der Waals surface area (Å²) in [5, 5.41) is 4.29. The highest BCUT2D eigenvalue weighted by Gasteiger charge is 2.24. The lowest BCUT2D eigenvalue weighted by atomic mass is 10.2. The van der Waals surface area contributed by atoms with Crippen molar-refractivity contribution < 1.29 is 23.8 Å². The number of anilines is 1. The monoisotopic (exact) mass is 442 g/mol. The van der Waals surface area contributed by atoms with Crippen LogP contribution >= 0.6 is 0 Å². The van der Waals surface area contributed by atoms with E-state index in [1.807, 2.05) is 42.5 Å². The van der Waals surface area contributed by atoms with Gasteiger partial charge in [0.2, 0.25) is 5.90 Å². The van der Waals surface area contributed by atoms with Crippen molar-refractivity contribution in [2.24, 2.45) is 5.10 Å². The number of rotatable bonds is 7. The first-order valence-corrected chi connectivity index (χ1v) is 10.4. The van der Waals surface area contributed by atoms with Crippen molar-refractivity contribution in [3.63, 3.8) is 0 Å². The van der Waals surface area contributed by atoms with Gasteiger partial charge in [0.15, 0.2) is 6.10 Å². The molecule has 0 radical (unpaired) electrons. The molecular weight excluding hydrogens is 420 g/mol. The van der Waals surface area contributed by atoms with Gasteiger partial charge in [-0.25, -0.2) is 9.59 Å². The van der Waals surface area contributed by atoms with Crippen LogP contribution in [0.1, 0.15) is 27.1 Å². The third-order valence-electron chi connectivity index (χ3n) is 4.69. The van der Waals surface area contributed by atoms with Crippen molar-refractivity contribution >= 4 is 23.5 Å². The molecule has 7 heteroatoms. The molecule has 1 aliphatic rings. The summed E-state index contributed by atoms with van der Waals surface area (Å²) in [5.74, 6) is -0.288. The van der Waals surface area contributed by atoms with Crippen LogP contribution in [0.15, 0.2) is 108 Å². The third-order valence-corrected chi connectivity index (χ3v) is 4.69. The van der Waals surface area contributed by atoms with Gasteiger partial charge in [-0.05, 0) is 42.5 Å². The molecule has 0 saturated heterocycles. The fourth-order valence-corrected chi connectivity index (χ4v) is 3.09. The summed E-state index contributed by atoms with van der Waals surface area (Å²) < 4.78 is 16.8. The van der Waals surface area contributed by atoms with Gasteiger partial charge in [0, 0.05) is 0 Å². The molecule has 1 heterocycles. The zero-order valence-electron chi connectivity index (χ0n) is 17.7. The van der Waals surface area contributed by atoms with Crippen LogP contribution in [0.5, 0.6) is 0 Å². The summed E-state index contributed by atoms with van der Waals surface area (Å²) in [7, 11) is 0. The Hall–Kier alpha value is -4.39. The largest absolute Gasteiger partial charge is 0.468 e. The Morgan fingerprint density at radius 2 is 1.42 bits per heavy atom. The summed E-state index contributed by atoms with van der Waals surface area (Å²) in [6.07, 6.45) is 1.13. The Bertz CT molecular complexity index is 1150. The van der Waals surface area contributed by atoms with Crippen molar-refractivity contribution in [3.8, 4) is 0 Å². The smallest absolute Gasteiger partial charge is 0.343 e. The summed E-state index contributed by atoms with van der Waals surface area (Å²) in [6, 6.07) is 26.7. The number of carbonyl (C=O) groups is 2. The first-order valence-electron chi connectivity index (χ1n) is 10.4. The normalized spacial score (nSPS) is 16.3. The zero-order chi connectivity index (χ0) is 22.9. The molecule has 1 N–H and O–H groups in total. The number of nitrogens with one attached hydrogen (secondary N) is 1. The van der Waals surface area contributed by atoms with Gasteiger partial charge in [0.1, 0.15) is 12.4 Å². The van der Waals surface area contributed by atoms with Gasteiger partial charge in [0.05, 0.1) is 23.2 Å². The predicted octanol–water partition coefficient (Wildman–Crippen LogP) is 4.80. The molecule has 0 saturated carbocycles. The molecule has 0 spiro atoms. The van der Waals surface area contributed by atoms with Gasteiger partial charge in [-0.15, -0.1) is 5.10 Å². The number of ether oxygens (including phenoxy) is 3. The zero-order valence-corrected chi connectivity index (χ0v) is 17.7. The van der Waals surface area contributed by atoms with Crippen LogP contribution in [0.2, 0.25) is 0 Å². The van der Waals surface area contributed by atoms with Crippen LogP contribution in [0.4, 0.5) is 5.69 Å². The van der Waals surface area contributed by atoms with Crippen molar-refractivity contribution in [3.05, 3.63) is 114 Å². The molecule has 0 aliphatic carbocycles. The molecule has 33 heavy (non-hydrogen) atoms. The molecule has 1 atom stereocenters. The van der Waals surface area contributed by atoms with E-state index in [1.165, 1.54) is 0 Å². The van der Waals surface area contributed by atoms with Crippen molar-refractivity contribution in [1.82, 2.24) is 0 Å². The molecule has 7 nitrogen and oxygen atoms in total. The van der Waals surface area contributed by atoms with Gasteiger partial charge in [-0.3, -0.25) is 5.43 Å². The number of para-hydroxylation sites is 1. The lowest BCUT2D eigenvalue weighted by Gasteiger charge is -2.23. The highest BCUT2D eigenvalue weighted by Crippen LogP contribution is 2.20. The maximum absolute atomic E-state index is 12.5. The first-order chi connectivity index (χ1) is 16.2. The molecule has 3 aromatic carbocycles. The number of nitrogens with zero attached hydrogens (tertiary/aromatic N) is 1. The Labute approximate surface area is 191 Å². The van der Waals surface area contributed by atoms with E-state index in [4.69, 9.17) is 14.2 Å². The van der Waals surface area contributed by atoms with Gasteiger partial charge in [0.25, 0.3) is 0 Å². The molecule has 0 aromatic heterocycles. The van der Waals surface area contributed by atoms with E-state index in [0.717, 1.165) is 5.69 Å². The molecule has 1 aliphatic heterocycles. The van der Waals surface area contributed by atoms with Crippen LogP contribution in [0.25, 0.3) is 0 Å². The number of carbonyl (C=O) groups excluding carboxylic acids is 2. The number of benzene rings is 3. The highest BCUT2D eigenvalue weighted by atomic mass is 16.6. The van der Waals surface area contributed by atoms with Crippen LogP contribution in [-0.2, 0) is 14.2 Å². The summed E-state index contributed by atoms with van der Waals surface area (Å²) in [4.78, 5) is 24.8. The quantitative estimate of drug-likeness (QED) is 0.418. The predicted molar refractivity (Wildman–Crippen MR) is 124 cm³/mol. The second kappa shape index (κ2) is 10.8. The first kappa shape index (κ1) is 21.8. The second-order valence-electron chi connectivity index (χ2n) is 7.17. The van der Waals surface area contributed by atoms with Crippen molar-refractivity contribution in [2.45, 2.75) is 12.5 Å². The van der Waals surface area contributed by atoms with Crippen molar-refractivity contribution in [1.29, 1.82) is 0 Å². The third kappa shape index (κ3) is 6.30. The molecule has 166 valence electrons. The van der Waals surface area contributed by atoms with Crippen LogP contribution in [0.3, 0.4) is 0 Å². The average molecular weight is 442 g/mol. The van der Waals surface area contributed by atoms with E-state index in [-0.39, 0.29) is 13.0 Å². The SMILES string of the molecule is O=C(OC[C@@H]1C=C(OC(=O)c2ccccc2)C/C(=N\Nc2ccccc2)O1)c1ccccc1. The number of hydrogen-bond acceptors (Lipinski definition) is 7. The topological polar surface area (TPSA) is 86.2 Å². The molecular formula is C26H22N2O5. The number of hydrogen-bond donors (Lipinski definition) is 1. The lowest BCUT2D eigenvalue weighted by Crippen LogP contribution is -2.29. The van der Waals surface area contributed by atoms with E-state index in [1.54, 1.807) is 54.6 Å². The minimum Gasteiger partial charge on any atom is -0.468 e.